The minimum Gasteiger partial charge on any atom is -0.478 e. The summed E-state index contributed by atoms with van der Waals surface area (Å²) in [5, 5.41) is 9.25. The van der Waals surface area contributed by atoms with Gasteiger partial charge < -0.3 is 5.11 Å². The molecule has 0 aliphatic heterocycles. The summed E-state index contributed by atoms with van der Waals surface area (Å²) in [7, 11) is 0. The molecular weight excluding hydrogens is 281 g/mol. The Morgan fingerprint density at radius 2 is 1.57 bits per heavy atom. The molecule has 0 saturated carbocycles. The Labute approximate surface area is 119 Å². The molecule has 110 valence electrons. The molecule has 0 radical (unpaired) electrons. The van der Waals surface area contributed by atoms with E-state index in [1.165, 1.54) is 18.2 Å². The molecule has 2 rings (SSSR count). The predicted octanol–water partition coefficient (Wildman–Crippen LogP) is 4.69. The van der Waals surface area contributed by atoms with Crippen LogP contribution in [-0.4, -0.2) is 11.1 Å². The predicted molar refractivity (Wildman–Crippen MR) is 73.3 cm³/mol. The number of carboxylic acid groups (broad SMARTS) is 1. The second-order valence-electron chi connectivity index (χ2n) is 4.81. The third-order valence-corrected chi connectivity index (χ3v) is 3.47. The summed E-state index contributed by atoms with van der Waals surface area (Å²) in [4.78, 5) is 11.3. The molecule has 0 atom stereocenters. The van der Waals surface area contributed by atoms with E-state index in [0.717, 1.165) is 23.3 Å². The van der Waals surface area contributed by atoms with E-state index in [0.29, 0.717) is 11.1 Å². The highest BCUT2D eigenvalue weighted by molar-refractivity contribution is 5.97. The first kappa shape index (κ1) is 15.1. The molecule has 0 unspecified atom stereocenters. The molecule has 0 amide bonds. The van der Waals surface area contributed by atoms with Gasteiger partial charge in [0.05, 0.1) is 11.1 Å². The van der Waals surface area contributed by atoms with Crippen LogP contribution in [0.5, 0.6) is 0 Å². The first-order valence-electron chi connectivity index (χ1n) is 6.23. The third kappa shape index (κ3) is 2.91. The standard InChI is InChI=1S/C16H13F3O2/c1-9-3-8-13(15(20)21)14(10(9)2)11-4-6-12(7-5-11)16(17,18)19/h3-8H,1-2H3,(H,20,21). The van der Waals surface area contributed by atoms with Crippen LogP contribution in [0.1, 0.15) is 27.0 Å². The monoisotopic (exact) mass is 294 g/mol. The first-order chi connectivity index (χ1) is 9.71. The maximum atomic E-state index is 12.6. The van der Waals surface area contributed by atoms with Crippen LogP contribution in [0.4, 0.5) is 13.2 Å². The van der Waals surface area contributed by atoms with Crippen molar-refractivity contribution in [2.45, 2.75) is 20.0 Å². The van der Waals surface area contributed by atoms with E-state index in [9.17, 15) is 23.1 Å². The fourth-order valence-electron chi connectivity index (χ4n) is 2.19. The van der Waals surface area contributed by atoms with Gasteiger partial charge in [-0.2, -0.15) is 13.2 Å². The highest BCUT2D eigenvalue weighted by Gasteiger charge is 2.30. The van der Waals surface area contributed by atoms with Gasteiger partial charge in [0, 0.05) is 0 Å². The maximum Gasteiger partial charge on any atom is 0.416 e. The molecule has 0 spiro atoms. The van der Waals surface area contributed by atoms with E-state index in [1.807, 2.05) is 6.92 Å². The molecule has 0 heterocycles. The van der Waals surface area contributed by atoms with Crippen LogP contribution >= 0.6 is 0 Å². The van der Waals surface area contributed by atoms with Crippen LogP contribution in [0.15, 0.2) is 36.4 Å². The average molecular weight is 294 g/mol. The number of aryl methyl sites for hydroxylation is 1. The molecule has 0 saturated heterocycles. The minimum atomic E-state index is -4.41. The van der Waals surface area contributed by atoms with Crippen molar-refractivity contribution >= 4 is 5.97 Å². The van der Waals surface area contributed by atoms with Gasteiger partial charge in [0.1, 0.15) is 0 Å². The van der Waals surface area contributed by atoms with E-state index >= 15 is 0 Å². The zero-order chi connectivity index (χ0) is 15.8. The van der Waals surface area contributed by atoms with Crippen molar-refractivity contribution in [1.29, 1.82) is 0 Å². The van der Waals surface area contributed by atoms with Crippen LogP contribution in [0, 0.1) is 13.8 Å². The van der Waals surface area contributed by atoms with Crippen molar-refractivity contribution in [1.82, 2.24) is 0 Å². The molecule has 0 fully saturated rings. The Kier molecular flexibility index (Phi) is 3.77. The van der Waals surface area contributed by atoms with Crippen LogP contribution < -0.4 is 0 Å². The van der Waals surface area contributed by atoms with Gasteiger partial charge in [-0.3, -0.25) is 0 Å². The average Bonchev–Trinajstić information content (AvgIpc) is 2.40. The highest BCUT2D eigenvalue weighted by Crippen LogP contribution is 2.33. The lowest BCUT2D eigenvalue weighted by Gasteiger charge is -2.14. The van der Waals surface area contributed by atoms with Crippen molar-refractivity contribution in [2.24, 2.45) is 0 Å². The van der Waals surface area contributed by atoms with Crippen LogP contribution in [0.3, 0.4) is 0 Å². The Balaban J connectivity index is 2.61. The maximum absolute atomic E-state index is 12.6. The number of hydrogen-bond acceptors (Lipinski definition) is 1. The Bertz CT molecular complexity index is 686. The Hall–Kier alpha value is -2.30. The Morgan fingerprint density at radius 1 is 1.00 bits per heavy atom. The third-order valence-electron chi connectivity index (χ3n) is 3.47. The molecule has 2 aromatic carbocycles. The Morgan fingerprint density at radius 3 is 2.05 bits per heavy atom. The summed E-state index contributed by atoms with van der Waals surface area (Å²) in [6, 6.07) is 7.68. The van der Waals surface area contributed by atoms with Crippen molar-refractivity contribution in [3.05, 3.63) is 58.7 Å². The summed E-state index contributed by atoms with van der Waals surface area (Å²) in [5.41, 5.74) is 1.87. The topological polar surface area (TPSA) is 37.3 Å². The fraction of sp³-hybridized carbons (Fsp3) is 0.188. The molecule has 0 aliphatic rings. The normalized spacial score (nSPS) is 11.5. The van der Waals surface area contributed by atoms with Gasteiger partial charge in [-0.25, -0.2) is 4.79 Å². The lowest BCUT2D eigenvalue weighted by atomic mass is 9.91. The number of rotatable bonds is 2. The van der Waals surface area contributed by atoms with Crippen molar-refractivity contribution in [3.63, 3.8) is 0 Å². The highest BCUT2D eigenvalue weighted by atomic mass is 19.4. The zero-order valence-electron chi connectivity index (χ0n) is 11.5. The number of carbonyl (C=O) groups is 1. The van der Waals surface area contributed by atoms with Crippen LogP contribution in [0.2, 0.25) is 0 Å². The number of aromatic carboxylic acids is 1. The van der Waals surface area contributed by atoms with Gasteiger partial charge in [0.2, 0.25) is 0 Å². The second-order valence-corrected chi connectivity index (χ2v) is 4.81. The fourth-order valence-corrected chi connectivity index (χ4v) is 2.19. The molecule has 0 bridgehead atoms. The molecule has 0 aromatic heterocycles. The van der Waals surface area contributed by atoms with E-state index in [1.54, 1.807) is 13.0 Å². The van der Waals surface area contributed by atoms with Crippen molar-refractivity contribution in [3.8, 4) is 11.1 Å². The number of hydrogen-bond donors (Lipinski definition) is 1. The van der Waals surface area contributed by atoms with E-state index in [-0.39, 0.29) is 5.56 Å². The molecule has 5 heteroatoms. The lowest BCUT2D eigenvalue weighted by molar-refractivity contribution is -0.137. The molecule has 21 heavy (non-hydrogen) atoms. The summed E-state index contributed by atoms with van der Waals surface area (Å²) in [6.07, 6.45) is -4.41. The van der Waals surface area contributed by atoms with E-state index in [4.69, 9.17) is 0 Å². The quantitative estimate of drug-likeness (QED) is 0.872. The molecule has 2 aromatic rings. The largest absolute Gasteiger partial charge is 0.478 e. The lowest BCUT2D eigenvalue weighted by Crippen LogP contribution is -2.05. The molecule has 1 N–H and O–H groups in total. The van der Waals surface area contributed by atoms with E-state index < -0.39 is 17.7 Å². The summed E-state index contributed by atoms with van der Waals surface area (Å²) >= 11 is 0. The molecular formula is C16H13F3O2. The molecule has 2 nitrogen and oxygen atoms in total. The van der Waals surface area contributed by atoms with Crippen molar-refractivity contribution in [2.75, 3.05) is 0 Å². The number of alkyl halides is 3. The smallest absolute Gasteiger partial charge is 0.416 e. The van der Waals surface area contributed by atoms with Gasteiger partial charge in [0.25, 0.3) is 0 Å². The van der Waals surface area contributed by atoms with Gasteiger partial charge in [0.15, 0.2) is 0 Å². The van der Waals surface area contributed by atoms with Crippen LogP contribution in [-0.2, 0) is 6.18 Å². The van der Waals surface area contributed by atoms with Gasteiger partial charge in [-0.1, -0.05) is 18.2 Å². The first-order valence-corrected chi connectivity index (χ1v) is 6.23. The van der Waals surface area contributed by atoms with E-state index in [2.05, 4.69) is 0 Å². The number of halogens is 3. The van der Waals surface area contributed by atoms with Crippen molar-refractivity contribution < 1.29 is 23.1 Å². The van der Waals surface area contributed by atoms with Crippen LogP contribution in [0.25, 0.3) is 11.1 Å². The summed E-state index contributed by atoms with van der Waals surface area (Å²) < 4.78 is 37.7. The summed E-state index contributed by atoms with van der Waals surface area (Å²) in [6.45, 7) is 3.59. The second kappa shape index (κ2) is 5.24. The SMILES string of the molecule is Cc1ccc(C(=O)O)c(-c2ccc(C(F)(F)F)cc2)c1C. The van der Waals surface area contributed by atoms with Gasteiger partial charge in [-0.05, 0) is 54.3 Å². The minimum absolute atomic E-state index is 0.0814. The number of carboxylic acids is 1. The number of benzene rings is 2. The molecule has 0 aliphatic carbocycles. The zero-order valence-corrected chi connectivity index (χ0v) is 11.5. The van der Waals surface area contributed by atoms with Gasteiger partial charge in [-0.15, -0.1) is 0 Å². The summed E-state index contributed by atoms with van der Waals surface area (Å²) in [5.74, 6) is -1.10. The van der Waals surface area contributed by atoms with Gasteiger partial charge >= 0.3 is 12.1 Å².